The van der Waals surface area contributed by atoms with Crippen molar-refractivity contribution in [2.75, 3.05) is 37.8 Å². The van der Waals surface area contributed by atoms with Gasteiger partial charge in [-0.05, 0) is 38.1 Å². The van der Waals surface area contributed by atoms with E-state index in [0.717, 1.165) is 41.5 Å². The average molecular weight is 390 g/mol. The molecule has 8 heteroatoms. The van der Waals surface area contributed by atoms with Crippen molar-refractivity contribution in [2.24, 2.45) is 0 Å². The zero-order valence-corrected chi connectivity index (χ0v) is 16.6. The molecule has 0 atom stereocenters. The highest BCUT2D eigenvalue weighted by Gasteiger charge is 2.34. The van der Waals surface area contributed by atoms with E-state index < -0.39 is 5.60 Å². The van der Waals surface area contributed by atoms with Gasteiger partial charge < -0.3 is 18.9 Å². The van der Waals surface area contributed by atoms with Crippen LogP contribution in [0.4, 0.5) is 5.82 Å². The molecule has 2 aliphatic heterocycles. The highest BCUT2D eigenvalue weighted by atomic mass is 16.5. The maximum absolute atomic E-state index is 9.09. The van der Waals surface area contributed by atoms with Crippen LogP contribution >= 0.6 is 0 Å². The van der Waals surface area contributed by atoms with Gasteiger partial charge in [-0.15, -0.1) is 0 Å². The van der Waals surface area contributed by atoms with Gasteiger partial charge in [-0.3, -0.25) is 0 Å². The number of benzene rings is 1. The molecule has 0 bridgehead atoms. The minimum absolute atomic E-state index is 0.476. The molecular weight excluding hydrogens is 368 g/mol. The van der Waals surface area contributed by atoms with Crippen LogP contribution in [-0.4, -0.2) is 52.4 Å². The van der Waals surface area contributed by atoms with Crippen LogP contribution in [0.3, 0.4) is 0 Å². The second-order valence-electron chi connectivity index (χ2n) is 7.78. The predicted octanol–water partition coefficient (Wildman–Crippen LogP) is 2.47. The van der Waals surface area contributed by atoms with Crippen LogP contribution in [0.25, 0.3) is 22.6 Å². The number of aromatic nitrogens is 4. The van der Waals surface area contributed by atoms with E-state index in [0.29, 0.717) is 37.8 Å². The SMILES string of the molecule is CC1(C)OCCn2c1nc1c(N3CCOCC3)nc(-c3ccc(C#N)cc3)nc12. The van der Waals surface area contributed by atoms with E-state index in [1.165, 1.54) is 0 Å². The Hall–Kier alpha value is -3.02. The lowest BCUT2D eigenvalue weighted by molar-refractivity contribution is -0.0530. The van der Waals surface area contributed by atoms with Gasteiger partial charge in [-0.1, -0.05) is 0 Å². The van der Waals surface area contributed by atoms with E-state index in [1.807, 2.05) is 26.0 Å². The van der Waals surface area contributed by atoms with Crippen LogP contribution < -0.4 is 4.90 Å². The second-order valence-corrected chi connectivity index (χ2v) is 7.78. The summed E-state index contributed by atoms with van der Waals surface area (Å²) < 4.78 is 13.6. The molecule has 29 heavy (non-hydrogen) atoms. The predicted molar refractivity (Wildman–Crippen MR) is 107 cm³/mol. The van der Waals surface area contributed by atoms with Crippen LogP contribution in [0.15, 0.2) is 24.3 Å². The van der Waals surface area contributed by atoms with Gasteiger partial charge in [0.15, 0.2) is 22.8 Å². The van der Waals surface area contributed by atoms with Crippen molar-refractivity contribution in [3.8, 4) is 17.5 Å². The molecule has 0 radical (unpaired) electrons. The third-order valence-electron chi connectivity index (χ3n) is 5.48. The van der Waals surface area contributed by atoms with Crippen molar-refractivity contribution in [1.29, 1.82) is 5.26 Å². The summed E-state index contributed by atoms with van der Waals surface area (Å²) in [7, 11) is 0. The molecule has 0 amide bonds. The number of anilines is 1. The molecule has 8 nitrogen and oxygen atoms in total. The number of hydrogen-bond donors (Lipinski definition) is 0. The number of rotatable bonds is 2. The smallest absolute Gasteiger partial charge is 0.166 e. The number of hydrogen-bond acceptors (Lipinski definition) is 7. The summed E-state index contributed by atoms with van der Waals surface area (Å²) >= 11 is 0. The number of morpholine rings is 1. The molecular formula is C21H22N6O2. The van der Waals surface area contributed by atoms with Crippen LogP contribution in [-0.2, 0) is 21.6 Å². The molecule has 0 aliphatic carbocycles. The molecule has 1 saturated heterocycles. The summed E-state index contributed by atoms with van der Waals surface area (Å²) in [5.41, 5.74) is 2.65. The fourth-order valence-electron chi connectivity index (χ4n) is 3.93. The van der Waals surface area contributed by atoms with E-state index in [4.69, 9.17) is 29.7 Å². The minimum atomic E-state index is -0.476. The van der Waals surface area contributed by atoms with Gasteiger partial charge in [-0.25, -0.2) is 15.0 Å². The first-order valence-electron chi connectivity index (χ1n) is 9.83. The van der Waals surface area contributed by atoms with E-state index in [1.54, 1.807) is 12.1 Å². The van der Waals surface area contributed by atoms with Gasteiger partial charge in [-0.2, -0.15) is 5.26 Å². The van der Waals surface area contributed by atoms with Gasteiger partial charge in [0.25, 0.3) is 0 Å². The molecule has 5 rings (SSSR count). The third kappa shape index (κ3) is 3.03. The first-order chi connectivity index (χ1) is 14.1. The average Bonchev–Trinajstić information content (AvgIpc) is 3.14. The Morgan fingerprint density at radius 3 is 2.48 bits per heavy atom. The van der Waals surface area contributed by atoms with Crippen LogP contribution in [0.5, 0.6) is 0 Å². The second kappa shape index (κ2) is 6.79. The van der Waals surface area contributed by atoms with E-state index in [9.17, 15) is 0 Å². The van der Waals surface area contributed by atoms with Gasteiger partial charge in [0.05, 0.1) is 31.5 Å². The summed E-state index contributed by atoms with van der Waals surface area (Å²) in [6, 6.07) is 9.52. The quantitative estimate of drug-likeness (QED) is 0.664. The molecule has 0 saturated carbocycles. The molecule has 0 N–H and O–H groups in total. The van der Waals surface area contributed by atoms with Crippen molar-refractivity contribution in [2.45, 2.75) is 26.0 Å². The Morgan fingerprint density at radius 1 is 1.00 bits per heavy atom. The zero-order valence-electron chi connectivity index (χ0n) is 16.6. The Morgan fingerprint density at radius 2 is 1.76 bits per heavy atom. The Kier molecular flexibility index (Phi) is 4.23. The number of imidazole rings is 1. The van der Waals surface area contributed by atoms with Crippen LogP contribution in [0, 0.1) is 11.3 Å². The Bertz CT molecular complexity index is 1110. The van der Waals surface area contributed by atoms with Crippen molar-refractivity contribution in [1.82, 2.24) is 19.5 Å². The highest BCUT2D eigenvalue weighted by molar-refractivity contribution is 5.86. The normalized spacial score (nSPS) is 18.4. The van der Waals surface area contributed by atoms with Crippen molar-refractivity contribution >= 4 is 17.0 Å². The first-order valence-corrected chi connectivity index (χ1v) is 9.83. The molecule has 3 aromatic rings. The molecule has 0 spiro atoms. The number of fused-ring (bicyclic) bond motifs is 3. The van der Waals surface area contributed by atoms with E-state index >= 15 is 0 Å². The molecule has 1 fully saturated rings. The van der Waals surface area contributed by atoms with Crippen molar-refractivity contribution in [3.05, 3.63) is 35.7 Å². The maximum Gasteiger partial charge on any atom is 0.166 e. The van der Waals surface area contributed by atoms with Crippen LogP contribution in [0.1, 0.15) is 25.2 Å². The zero-order chi connectivity index (χ0) is 20.0. The topological polar surface area (TPSA) is 89.1 Å². The molecule has 148 valence electrons. The molecule has 4 heterocycles. The minimum Gasteiger partial charge on any atom is -0.378 e. The Labute approximate surface area is 168 Å². The summed E-state index contributed by atoms with van der Waals surface area (Å²) in [5.74, 6) is 2.34. The fourth-order valence-corrected chi connectivity index (χ4v) is 3.93. The van der Waals surface area contributed by atoms with Crippen molar-refractivity contribution < 1.29 is 9.47 Å². The van der Waals surface area contributed by atoms with E-state index in [2.05, 4.69) is 15.5 Å². The van der Waals surface area contributed by atoms with Gasteiger partial charge in [0.2, 0.25) is 0 Å². The molecule has 0 unspecified atom stereocenters. The highest BCUT2D eigenvalue weighted by Crippen LogP contribution is 2.35. The summed E-state index contributed by atoms with van der Waals surface area (Å²) in [6.45, 7) is 8.26. The third-order valence-corrected chi connectivity index (χ3v) is 5.48. The Balaban J connectivity index is 1.73. The number of ether oxygens (including phenoxy) is 2. The number of nitriles is 1. The molecule has 2 aromatic heterocycles. The lowest BCUT2D eigenvalue weighted by atomic mass is 10.1. The summed E-state index contributed by atoms with van der Waals surface area (Å²) in [5, 5.41) is 9.09. The maximum atomic E-state index is 9.09. The van der Waals surface area contributed by atoms with Gasteiger partial charge in [0.1, 0.15) is 11.4 Å². The van der Waals surface area contributed by atoms with Gasteiger partial charge in [0, 0.05) is 25.2 Å². The lowest BCUT2D eigenvalue weighted by Gasteiger charge is -2.30. The standard InChI is InChI=1S/C21H22N6O2/c1-21(2)20-23-16-18(26-7-10-28-11-8-26)24-17(15-5-3-14(13-22)4-6-15)25-19(16)27(20)9-12-29-21/h3-6H,7-12H2,1-2H3. The molecule has 1 aromatic carbocycles. The van der Waals surface area contributed by atoms with Crippen LogP contribution in [0.2, 0.25) is 0 Å². The van der Waals surface area contributed by atoms with Gasteiger partial charge >= 0.3 is 0 Å². The fraction of sp³-hybridized carbons (Fsp3) is 0.429. The number of nitrogens with zero attached hydrogens (tertiary/aromatic N) is 6. The summed E-state index contributed by atoms with van der Waals surface area (Å²) in [4.78, 5) is 16.9. The summed E-state index contributed by atoms with van der Waals surface area (Å²) in [6.07, 6.45) is 0. The largest absolute Gasteiger partial charge is 0.378 e. The monoisotopic (exact) mass is 390 g/mol. The lowest BCUT2D eigenvalue weighted by Crippen LogP contribution is -2.37. The van der Waals surface area contributed by atoms with Crippen molar-refractivity contribution in [3.63, 3.8) is 0 Å². The molecule has 2 aliphatic rings. The first kappa shape index (κ1) is 18.0. The van der Waals surface area contributed by atoms with E-state index in [-0.39, 0.29) is 0 Å².